The SMILES string of the molecule is Nc1nc2c([nH]1)CC(CNC(=O)c1cc(Br)c[nH]1)CC2. The number of aromatic nitrogens is 3. The molecule has 1 amide bonds. The van der Waals surface area contributed by atoms with E-state index in [0.717, 1.165) is 35.1 Å². The van der Waals surface area contributed by atoms with Crippen LogP contribution in [0.2, 0.25) is 0 Å². The number of hydrogen-bond acceptors (Lipinski definition) is 3. The average Bonchev–Trinajstić information content (AvgIpc) is 3.00. The molecule has 0 aliphatic heterocycles. The molecule has 0 saturated heterocycles. The molecular weight excluding hydrogens is 322 g/mol. The monoisotopic (exact) mass is 337 g/mol. The van der Waals surface area contributed by atoms with Gasteiger partial charge in [-0.15, -0.1) is 0 Å². The highest BCUT2D eigenvalue weighted by Crippen LogP contribution is 2.24. The summed E-state index contributed by atoms with van der Waals surface area (Å²) < 4.78 is 0.873. The quantitative estimate of drug-likeness (QED) is 0.684. The van der Waals surface area contributed by atoms with Crippen molar-refractivity contribution in [3.63, 3.8) is 0 Å². The highest BCUT2D eigenvalue weighted by atomic mass is 79.9. The smallest absolute Gasteiger partial charge is 0.267 e. The topological polar surface area (TPSA) is 99.6 Å². The number of halogens is 1. The Morgan fingerprint density at radius 2 is 2.45 bits per heavy atom. The molecular formula is C13H16BrN5O. The van der Waals surface area contributed by atoms with Crippen molar-refractivity contribution in [2.75, 3.05) is 12.3 Å². The number of amides is 1. The largest absolute Gasteiger partial charge is 0.369 e. The number of rotatable bonds is 3. The Labute approximate surface area is 124 Å². The number of carbonyl (C=O) groups is 1. The van der Waals surface area contributed by atoms with Crippen molar-refractivity contribution in [3.8, 4) is 0 Å². The second kappa shape index (κ2) is 5.32. The van der Waals surface area contributed by atoms with Crippen LogP contribution in [-0.2, 0) is 12.8 Å². The van der Waals surface area contributed by atoms with Crippen LogP contribution in [0.1, 0.15) is 28.3 Å². The van der Waals surface area contributed by atoms with Gasteiger partial charge >= 0.3 is 0 Å². The molecule has 0 fully saturated rings. The lowest BCUT2D eigenvalue weighted by atomic mass is 9.90. The Morgan fingerprint density at radius 1 is 1.60 bits per heavy atom. The number of imidazole rings is 1. The summed E-state index contributed by atoms with van der Waals surface area (Å²) in [4.78, 5) is 22.2. The number of nitrogen functional groups attached to an aromatic ring is 1. The first-order valence-electron chi connectivity index (χ1n) is 6.57. The van der Waals surface area contributed by atoms with Crippen molar-refractivity contribution in [1.29, 1.82) is 0 Å². The number of carbonyl (C=O) groups excluding carboxylic acids is 1. The van der Waals surface area contributed by atoms with E-state index in [2.05, 4.69) is 36.2 Å². The van der Waals surface area contributed by atoms with Gasteiger partial charge in [0, 0.05) is 22.9 Å². The molecule has 0 radical (unpaired) electrons. The van der Waals surface area contributed by atoms with Gasteiger partial charge < -0.3 is 21.0 Å². The summed E-state index contributed by atoms with van der Waals surface area (Å²) in [5.41, 5.74) is 8.40. The van der Waals surface area contributed by atoms with E-state index in [1.165, 1.54) is 0 Å². The van der Waals surface area contributed by atoms with Gasteiger partial charge in [-0.05, 0) is 47.2 Å². The van der Waals surface area contributed by atoms with Gasteiger partial charge in [-0.3, -0.25) is 4.79 Å². The predicted octanol–water partition coefficient (Wildman–Crippen LogP) is 1.62. The van der Waals surface area contributed by atoms with Gasteiger partial charge in [0.25, 0.3) is 5.91 Å². The maximum Gasteiger partial charge on any atom is 0.267 e. The van der Waals surface area contributed by atoms with Gasteiger partial charge in [0.1, 0.15) is 5.69 Å². The summed E-state index contributed by atoms with van der Waals surface area (Å²) in [5, 5.41) is 2.96. The van der Waals surface area contributed by atoms with Crippen LogP contribution in [-0.4, -0.2) is 27.4 Å². The fourth-order valence-corrected chi connectivity index (χ4v) is 2.92. The van der Waals surface area contributed by atoms with Gasteiger partial charge in [-0.1, -0.05) is 0 Å². The fourth-order valence-electron chi connectivity index (χ4n) is 2.58. The Bertz CT molecular complexity index is 632. The summed E-state index contributed by atoms with van der Waals surface area (Å²) in [7, 11) is 0. The minimum atomic E-state index is -0.0781. The van der Waals surface area contributed by atoms with Crippen molar-refractivity contribution in [2.45, 2.75) is 19.3 Å². The maximum absolute atomic E-state index is 11.9. The number of aromatic amines is 2. The first-order chi connectivity index (χ1) is 9.61. The number of aryl methyl sites for hydroxylation is 1. The molecule has 2 heterocycles. The molecule has 0 bridgehead atoms. The fraction of sp³-hybridized carbons (Fsp3) is 0.385. The third-order valence-corrected chi connectivity index (χ3v) is 4.07. The van der Waals surface area contributed by atoms with Gasteiger partial charge in [-0.25, -0.2) is 4.98 Å². The second-order valence-corrected chi connectivity index (χ2v) is 6.01. The van der Waals surface area contributed by atoms with E-state index in [0.29, 0.717) is 24.1 Å². The van der Waals surface area contributed by atoms with Gasteiger partial charge in [0.15, 0.2) is 5.95 Å². The molecule has 7 heteroatoms. The molecule has 20 heavy (non-hydrogen) atoms. The summed E-state index contributed by atoms with van der Waals surface area (Å²) in [5.74, 6) is 0.825. The molecule has 6 nitrogen and oxygen atoms in total. The van der Waals surface area contributed by atoms with Crippen LogP contribution in [0, 0.1) is 5.92 Å². The predicted molar refractivity (Wildman–Crippen MR) is 79.3 cm³/mol. The highest BCUT2D eigenvalue weighted by molar-refractivity contribution is 9.10. The number of H-pyrrole nitrogens is 2. The molecule has 2 aromatic heterocycles. The minimum Gasteiger partial charge on any atom is -0.369 e. The molecule has 0 spiro atoms. The van der Waals surface area contributed by atoms with Crippen molar-refractivity contribution >= 4 is 27.8 Å². The van der Waals surface area contributed by atoms with Crippen LogP contribution in [0.4, 0.5) is 5.95 Å². The lowest BCUT2D eigenvalue weighted by Crippen LogP contribution is -2.32. The molecule has 0 aromatic carbocycles. The first kappa shape index (κ1) is 13.2. The number of nitrogens with zero attached hydrogens (tertiary/aromatic N) is 1. The van der Waals surface area contributed by atoms with E-state index >= 15 is 0 Å². The Kier molecular flexibility index (Phi) is 3.52. The minimum absolute atomic E-state index is 0.0781. The second-order valence-electron chi connectivity index (χ2n) is 5.10. The van der Waals surface area contributed by atoms with Crippen LogP contribution in [0.25, 0.3) is 0 Å². The number of nitrogens with two attached hydrogens (primary N) is 1. The molecule has 2 aromatic rings. The Morgan fingerprint density at radius 3 is 3.20 bits per heavy atom. The summed E-state index contributed by atoms with van der Waals surface area (Å²) in [6, 6.07) is 1.77. The molecule has 1 aliphatic rings. The third kappa shape index (κ3) is 2.72. The molecule has 0 saturated carbocycles. The van der Waals surface area contributed by atoms with E-state index in [1.807, 2.05) is 0 Å². The Balaban J connectivity index is 1.56. The molecule has 3 rings (SSSR count). The lowest BCUT2D eigenvalue weighted by molar-refractivity contribution is 0.0941. The van der Waals surface area contributed by atoms with Gasteiger partial charge in [-0.2, -0.15) is 0 Å². The molecule has 1 aliphatic carbocycles. The van der Waals surface area contributed by atoms with E-state index in [9.17, 15) is 4.79 Å². The summed E-state index contributed by atoms with van der Waals surface area (Å²) in [6.45, 7) is 0.661. The normalized spacial score (nSPS) is 17.8. The molecule has 5 N–H and O–H groups in total. The van der Waals surface area contributed by atoms with Crippen molar-refractivity contribution in [1.82, 2.24) is 20.3 Å². The van der Waals surface area contributed by atoms with E-state index in [1.54, 1.807) is 12.3 Å². The van der Waals surface area contributed by atoms with Crippen molar-refractivity contribution in [3.05, 3.63) is 33.8 Å². The summed E-state index contributed by atoms with van der Waals surface area (Å²) >= 11 is 3.31. The van der Waals surface area contributed by atoms with Crippen LogP contribution < -0.4 is 11.1 Å². The van der Waals surface area contributed by atoms with E-state index in [-0.39, 0.29) is 5.91 Å². The first-order valence-corrected chi connectivity index (χ1v) is 7.36. The Hall–Kier alpha value is -1.76. The number of nitrogens with one attached hydrogen (secondary N) is 3. The zero-order valence-electron chi connectivity index (χ0n) is 10.9. The van der Waals surface area contributed by atoms with Crippen LogP contribution in [0.3, 0.4) is 0 Å². The molecule has 1 atom stereocenters. The van der Waals surface area contributed by atoms with Gasteiger partial charge in [0.05, 0.1) is 5.69 Å². The lowest BCUT2D eigenvalue weighted by Gasteiger charge is -2.21. The molecule has 1 unspecified atom stereocenters. The van der Waals surface area contributed by atoms with Crippen molar-refractivity contribution < 1.29 is 4.79 Å². The van der Waals surface area contributed by atoms with Crippen LogP contribution in [0.5, 0.6) is 0 Å². The zero-order chi connectivity index (χ0) is 14.1. The maximum atomic E-state index is 11.9. The highest BCUT2D eigenvalue weighted by Gasteiger charge is 2.22. The molecule has 106 valence electrons. The third-order valence-electron chi connectivity index (χ3n) is 3.61. The van der Waals surface area contributed by atoms with E-state index < -0.39 is 0 Å². The van der Waals surface area contributed by atoms with Crippen LogP contribution >= 0.6 is 15.9 Å². The number of anilines is 1. The summed E-state index contributed by atoms with van der Waals surface area (Å²) in [6.07, 6.45) is 4.56. The van der Waals surface area contributed by atoms with Crippen molar-refractivity contribution in [2.24, 2.45) is 5.92 Å². The number of fused-ring (bicyclic) bond motifs is 1. The standard InChI is InChI=1S/C13H16BrN5O/c14-8-4-11(16-6-8)12(20)17-5-7-1-2-9-10(3-7)19-13(15)18-9/h4,6-7,16H,1-3,5H2,(H,17,20)(H3,15,18,19). The van der Waals surface area contributed by atoms with Gasteiger partial charge in [0.2, 0.25) is 0 Å². The van der Waals surface area contributed by atoms with Crippen LogP contribution in [0.15, 0.2) is 16.7 Å². The number of hydrogen-bond donors (Lipinski definition) is 4. The average molecular weight is 338 g/mol. The van der Waals surface area contributed by atoms with E-state index in [4.69, 9.17) is 5.73 Å². The zero-order valence-corrected chi connectivity index (χ0v) is 12.5.